The minimum absolute atomic E-state index is 0.575. The van der Waals surface area contributed by atoms with Crippen LogP contribution in [-0.2, 0) is 0 Å². The molecule has 7 aromatic carbocycles. The zero-order valence-corrected chi connectivity index (χ0v) is 29.8. The van der Waals surface area contributed by atoms with Gasteiger partial charge in [-0.25, -0.2) is 24.9 Å². The highest BCUT2D eigenvalue weighted by Gasteiger charge is 2.20. The van der Waals surface area contributed by atoms with Crippen LogP contribution in [0.5, 0.6) is 0 Å². The summed E-state index contributed by atoms with van der Waals surface area (Å²) >= 11 is 0. The maximum Gasteiger partial charge on any atom is 0.180 e. The zero-order chi connectivity index (χ0) is 37.0. The van der Waals surface area contributed by atoms with E-state index in [1.807, 2.05) is 133 Å². The molecule has 4 aromatic heterocycles. The van der Waals surface area contributed by atoms with Gasteiger partial charge in [-0.15, -0.1) is 0 Å². The summed E-state index contributed by atoms with van der Waals surface area (Å²) in [6.45, 7) is 0. The molecule has 0 aliphatic heterocycles. The molecule has 0 bridgehead atoms. The average Bonchev–Trinajstić information content (AvgIpc) is 3.85. The van der Waals surface area contributed by atoms with E-state index in [4.69, 9.17) is 33.8 Å². The van der Waals surface area contributed by atoms with Crippen LogP contribution in [-0.4, -0.2) is 24.9 Å². The van der Waals surface area contributed by atoms with Gasteiger partial charge in [0.2, 0.25) is 0 Å². The van der Waals surface area contributed by atoms with Crippen LogP contribution in [0.25, 0.3) is 112 Å². The van der Waals surface area contributed by atoms with Crippen LogP contribution in [0.2, 0.25) is 0 Å². The Morgan fingerprint density at radius 3 is 1.57 bits per heavy atom. The predicted molar refractivity (Wildman–Crippen MR) is 223 cm³/mol. The van der Waals surface area contributed by atoms with E-state index < -0.39 is 0 Å². The molecule has 11 aromatic rings. The first-order valence-corrected chi connectivity index (χ1v) is 18.4. The van der Waals surface area contributed by atoms with Gasteiger partial charge in [0, 0.05) is 44.0 Å². The summed E-state index contributed by atoms with van der Waals surface area (Å²) in [5, 5.41) is 2.86. The van der Waals surface area contributed by atoms with E-state index in [9.17, 15) is 0 Å². The second kappa shape index (κ2) is 13.0. The molecule has 0 saturated heterocycles. The van der Waals surface area contributed by atoms with Crippen molar-refractivity contribution in [1.29, 1.82) is 0 Å². The van der Waals surface area contributed by atoms with Crippen LogP contribution in [0.15, 0.2) is 185 Å². The summed E-state index contributed by atoms with van der Waals surface area (Å²) in [7, 11) is 0. The number of rotatable bonds is 6. The van der Waals surface area contributed by atoms with Crippen LogP contribution >= 0.6 is 0 Å². The molecular formula is C49H29N5O2. The number of fused-ring (bicyclic) bond motifs is 6. The van der Waals surface area contributed by atoms with E-state index in [-0.39, 0.29) is 0 Å². The van der Waals surface area contributed by atoms with Crippen molar-refractivity contribution in [3.05, 3.63) is 176 Å². The highest BCUT2D eigenvalue weighted by atomic mass is 16.3. The summed E-state index contributed by atoms with van der Waals surface area (Å²) in [5.41, 5.74) is 11.1. The number of hydrogen-bond acceptors (Lipinski definition) is 7. The van der Waals surface area contributed by atoms with E-state index in [0.29, 0.717) is 28.9 Å². The average molecular weight is 720 g/mol. The Bertz CT molecular complexity index is 3190. The third-order valence-electron chi connectivity index (χ3n) is 10.2. The van der Waals surface area contributed by atoms with Gasteiger partial charge in [0.05, 0.1) is 0 Å². The maximum absolute atomic E-state index is 6.46. The molecule has 0 aliphatic rings. The van der Waals surface area contributed by atoms with Crippen LogP contribution in [0.4, 0.5) is 0 Å². The van der Waals surface area contributed by atoms with Gasteiger partial charge < -0.3 is 8.83 Å². The van der Waals surface area contributed by atoms with Crippen molar-refractivity contribution in [2.75, 3.05) is 0 Å². The maximum atomic E-state index is 6.46. The first-order chi connectivity index (χ1) is 27.7. The first-order valence-electron chi connectivity index (χ1n) is 18.4. The molecule has 11 rings (SSSR count). The lowest BCUT2D eigenvalue weighted by Gasteiger charge is -2.10. The molecule has 0 N–H and O–H groups in total. The number of benzene rings is 7. The van der Waals surface area contributed by atoms with E-state index in [0.717, 1.165) is 83.1 Å². The number of hydrogen-bond donors (Lipinski definition) is 0. The van der Waals surface area contributed by atoms with Gasteiger partial charge in [-0.3, -0.25) is 0 Å². The molecule has 0 amide bonds. The fourth-order valence-electron chi connectivity index (χ4n) is 7.47. The Labute approximate surface area is 320 Å². The third kappa shape index (κ3) is 5.41. The molecule has 0 radical (unpaired) electrons. The largest absolute Gasteiger partial charge is 0.456 e. The van der Waals surface area contributed by atoms with Crippen molar-refractivity contribution < 1.29 is 8.83 Å². The Morgan fingerprint density at radius 2 is 0.857 bits per heavy atom. The number of aromatic nitrogens is 5. The van der Waals surface area contributed by atoms with Crippen molar-refractivity contribution in [2.24, 2.45) is 0 Å². The zero-order valence-electron chi connectivity index (χ0n) is 29.8. The Hall–Kier alpha value is -7.77. The first kappa shape index (κ1) is 31.7. The quantitative estimate of drug-likeness (QED) is 0.169. The molecular weight excluding hydrogens is 691 g/mol. The summed E-state index contributed by atoms with van der Waals surface area (Å²) in [6.07, 6.45) is 0. The van der Waals surface area contributed by atoms with Crippen molar-refractivity contribution in [3.63, 3.8) is 0 Å². The Kier molecular flexibility index (Phi) is 7.35. The van der Waals surface area contributed by atoms with E-state index in [2.05, 4.69) is 42.5 Å². The molecule has 262 valence electrons. The van der Waals surface area contributed by atoms with Crippen LogP contribution in [0.1, 0.15) is 0 Å². The highest BCUT2D eigenvalue weighted by Crippen LogP contribution is 2.40. The minimum atomic E-state index is 0.575. The fraction of sp³-hybridized carbons (Fsp3) is 0. The van der Waals surface area contributed by atoms with Crippen molar-refractivity contribution >= 4 is 44.0 Å². The van der Waals surface area contributed by atoms with Gasteiger partial charge in [-0.1, -0.05) is 140 Å². The lowest BCUT2D eigenvalue weighted by Crippen LogP contribution is -2.00. The molecule has 0 aliphatic carbocycles. The van der Waals surface area contributed by atoms with Crippen molar-refractivity contribution in [1.82, 2.24) is 24.9 Å². The van der Waals surface area contributed by atoms with Gasteiger partial charge >= 0.3 is 0 Å². The minimum Gasteiger partial charge on any atom is -0.456 e. The van der Waals surface area contributed by atoms with Gasteiger partial charge in [-0.2, -0.15) is 0 Å². The van der Waals surface area contributed by atoms with E-state index in [1.165, 1.54) is 0 Å². The van der Waals surface area contributed by atoms with Crippen LogP contribution in [0, 0.1) is 0 Å². The van der Waals surface area contributed by atoms with Gasteiger partial charge in [0.25, 0.3) is 0 Å². The molecule has 0 atom stereocenters. The second-order valence-corrected chi connectivity index (χ2v) is 13.6. The molecule has 7 heteroatoms. The molecule has 7 nitrogen and oxygen atoms in total. The lowest BCUT2D eigenvalue weighted by atomic mass is 9.98. The molecule has 0 fully saturated rings. The number of nitrogens with zero attached hydrogens (tertiary/aromatic N) is 5. The van der Waals surface area contributed by atoms with E-state index in [1.54, 1.807) is 0 Å². The van der Waals surface area contributed by atoms with Gasteiger partial charge in [0.1, 0.15) is 28.0 Å². The van der Waals surface area contributed by atoms with Crippen molar-refractivity contribution in [3.8, 4) is 67.9 Å². The highest BCUT2D eigenvalue weighted by molar-refractivity contribution is 6.13. The molecule has 0 unspecified atom stereocenters. The van der Waals surface area contributed by atoms with Crippen LogP contribution < -0.4 is 0 Å². The molecule has 56 heavy (non-hydrogen) atoms. The smallest absolute Gasteiger partial charge is 0.180 e. The van der Waals surface area contributed by atoms with Gasteiger partial charge in [-0.05, 0) is 47.5 Å². The number of para-hydroxylation sites is 1. The van der Waals surface area contributed by atoms with Crippen molar-refractivity contribution in [2.45, 2.75) is 0 Å². The van der Waals surface area contributed by atoms with E-state index >= 15 is 0 Å². The normalized spacial score (nSPS) is 11.6. The summed E-state index contributed by atoms with van der Waals surface area (Å²) in [4.78, 5) is 25.1. The molecule has 4 heterocycles. The predicted octanol–water partition coefficient (Wildman–Crippen LogP) is 12.5. The summed E-state index contributed by atoms with van der Waals surface area (Å²) < 4.78 is 12.9. The fourth-order valence-corrected chi connectivity index (χ4v) is 7.47. The SMILES string of the molecule is c1ccc(-c2nc(-c3ccccc3)nc(-c3cccc4oc5ccc(-c6cccc(-c7nc(-c8ccccc8)nc8c7oc7ccccc78)c6)cc5c34)n2)cc1. The number of furan rings is 2. The Balaban J connectivity index is 1.07. The standard InChI is InChI=1S/C49H29N5O2/c1-4-14-30(15-5-1)46-50-43(45-44(51-46)36-22-10-11-24-39(36)56-45)35-21-12-20-33(28-35)34-26-27-40-38(29-34)42-37(23-13-25-41(42)55-40)49-53-47(31-16-6-2-7-17-31)52-48(54-49)32-18-8-3-9-19-32/h1-29H. The van der Waals surface area contributed by atoms with Crippen LogP contribution in [0.3, 0.4) is 0 Å². The lowest BCUT2D eigenvalue weighted by molar-refractivity contribution is 0.667. The summed E-state index contributed by atoms with van der Waals surface area (Å²) in [6, 6.07) is 58.9. The molecule has 0 saturated carbocycles. The topological polar surface area (TPSA) is 90.7 Å². The molecule has 0 spiro atoms. The monoisotopic (exact) mass is 719 g/mol. The second-order valence-electron chi connectivity index (χ2n) is 13.6. The Morgan fingerprint density at radius 1 is 0.321 bits per heavy atom. The summed E-state index contributed by atoms with van der Waals surface area (Å²) in [5.74, 6) is 2.44. The third-order valence-corrected chi connectivity index (χ3v) is 10.2. The van der Waals surface area contributed by atoms with Gasteiger partial charge in [0.15, 0.2) is 28.9 Å².